The fourth-order valence-electron chi connectivity index (χ4n) is 2.25. The zero-order chi connectivity index (χ0) is 14.8. The van der Waals surface area contributed by atoms with Crippen LogP contribution >= 0.6 is 11.6 Å². The first-order chi connectivity index (χ1) is 8.75. The minimum atomic E-state index is 0.0364. The quantitative estimate of drug-likeness (QED) is 0.869. The highest BCUT2D eigenvalue weighted by molar-refractivity contribution is 6.31. The number of likely N-dealkylation sites (N-methyl/N-ethyl adjacent to an activating group) is 2. The Hall–Kier alpha value is -0.580. The van der Waals surface area contributed by atoms with Gasteiger partial charge in [0.05, 0.1) is 16.4 Å². The molecule has 0 bridgehead atoms. The van der Waals surface area contributed by atoms with Gasteiger partial charge in [-0.05, 0) is 41.4 Å². The molecule has 0 fully saturated rings. The molecule has 4 nitrogen and oxygen atoms in total. The number of nitrogens with one attached hydrogen (secondary N) is 1. The van der Waals surface area contributed by atoms with E-state index in [1.54, 1.807) is 0 Å². The fourth-order valence-corrected chi connectivity index (χ4v) is 2.62. The molecule has 0 aliphatic rings. The first kappa shape index (κ1) is 16.5. The van der Waals surface area contributed by atoms with Crippen LogP contribution in [0.2, 0.25) is 5.02 Å². The molecule has 1 unspecified atom stereocenters. The number of rotatable bonds is 6. The maximum atomic E-state index is 6.44. The van der Waals surface area contributed by atoms with Crippen LogP contribution in [0.1, 0.15) is 32.2 Å². The molecule has 0 saturated carbocycles. The highest BCUT2D eigenvalue weighted by Crippen LogP contribution is 2.26. The minimum Gasteiger partial charge on any atom is -0.315 e. The normalized spacial score (nSPS) is 14.2. The van der Waals surface area contributed by atoms with Gasteiger partial charge in [0.15, 0.2) is 0 Å². The summed E-state index contributed by atoms with van der Waals surface area (Å²) in [6.07, 6.45) is 1.73. The lowest BCUT2D eigenvalue weighted by atomic mass is 9.89. The molecule has 1 atom stereocenters. The Kier molecular flexibility index (Phi) is 5.42. The Bertz CT molecular complexity index is 423. The number of nitrogens with zero attached hydrogens (tertiary/aromatic N) is 3. The molecule has 0 amide bonds. The third-order valence-corrected chi connectivity index (χ3v) is 4.69. The summed E-state index contributed by atoms with van der Waals surface area (Å²) < 4.78 is 1.91. The molecule has 5 heteroatoms. The summed E-state index contributed by atoms with van der Waals surface area (Å²) in [7, 11) is 8.18. The van der Waals surface area contributed by atoms with Crippen molar-refractivity contribution in [3.63, 3.8) is 0 Å². The van der Waals surface area contributed by atoms with Crippen LogP contribution in [0.15, 0.2) is 0 Å². The molecule has 1 aromatic heterocycles. The third-order valence-electron chi connectivity index (χ3n) is 4.25. The van der Waals surface area contributed by atoms with Gasteiger partial charge in [-0.3, -0.25) is 4.68 Å². The summed E-state index contributed by atoms with van der Waals surface area (Å²) in [6.45, 7) is 6.55. The average molecular weight is 287 g/mol. The van der Waals surface area contributed by atoms with Crippen LogP contribution in [-0.2, 0) is 19.9 Å². The van der Waals surface area contributed by atoms with Crippen LogP contribution in [0.25, 0.3) is 0 Å². The van der Waals surface area contributed by atoms with Crippen molar-refractivity contribution >= 4 is 11.6 Å². The largest absolute Gasteiger partial charge is 0.315 e. The fraction of sp³-hybridized carbons (Fsp3) is 0.786. The Labute approximate surface area is 122 Å². The van der Waals surface area contributed by atoms with Gasteiger partial charge in [0.1, 0.15) is 0 Å². The molecular formula is C14H27ClN4. The lowest BCUT2D eigenvalue weighted by Crippen LogP contribution is -2.55. The molecule has 0 radical (unpaired) electrons. The standard InChI is InChI=1S/C14H27ClN4/c1-8-10-13(15)11(19(7)17-10)9-12(16-4)14(2,3)18(5)6/h12,16H,8-9H2,1-7H3. The number of hydrogen-bond donors (Lipinski definition) is 1. The predicted molar refractivity (Wildman–Crippen MR) is 81.9 cm³/mol. The van der Waals surface area contributed by atoms with Crippen LogP contribution in [0.5, 0.6) is 0 Å². The van der Waals surface area contributed by atoms with Gasteiger partial charge in [-0.1, -0.05) is 18.5 Å². The van der Waals surface area contributed by atoms with Gasteiger partial charge >= 0.3 is 0 Å². The van der Waals surface area contributed by atoms with E-state index in [0.717, 1.165) is 29.3 Å². The van der Waals surface area contributed by atoms with Crippen molar-refractivity contribution in [3.8, 4) is 0 Å². The van der Waals surface area contributed by atoms with Crippen LogP contribution in [0.3, 0.4) is 0 Å². The lowest BCUT2D eigenvalue weighted by molar-refractivity contribution is 0.140. The molecule has 0 saturated heterocycles. The van der Waals surface area contributed by atoms with Gasteiger partial charge < -0.3 is 10.2 Å². The second-order valence-electron chi connectivity index (χ2n) is 5.78. The summed E-state index contributed by atoms with van der Waals surface area (Å²) in [5.41, 5.74) is 2.12. The summed E-state index contributed by atoms with van der Waals surface area (Å²) >= 11 is 6.44. The van der Waals surface area contributed by atoms with Gasteiger partial charge in [0.2, 0.25) is 0 Å². The predicted octanol–water partition coefficient (Wildman–Crippen LogP) is 2.11. The summed E-state index contributed by atoms with van der Waals surface area (Å²) in [5, 5.41) is 8.72. The smallest absolute Gasteiger partial charge is 0.0850 e. The average Bonchev–Trinajstić information content (AvgIpc) is 2.61. The highest BCUT2D eigenvalue weighted by atomic mass is 35.5. The van der Waals surface area contributed by atoms with E-state index in [-0.39, 0.29) is 5.54 Å². The van der Waals surface area contributed by atoms with E-state index in [1.165, 1.54) is 0 Å². The Balaban J connectivity index is 3.03. The maximum absolute atomic E-state index is 6.44. The Morgan fingerprint density at radius 2 is 2.00 bits per heavy atom. The Morgan fingerprint density at radius 3 is 2.37 bits per heavy atom. The second kappa shape index (κ2) is 6.25. The van der Waals surface area contributed by atoms with Crippen LogP contribution < -0.4 is 5.32 Å². The number of halogens is 1. The van der Waals surface area contributed by atoms with E-state index < -0.39 is 0 Å². The first-order valence-electron chi connectivity index (χ1n) is 6.80. The maximum Gasteiger partial charge on any atom is 0.0850 e. The molecule has 0 spiro atoms. The topological polar surface area (TPSA) is 33.1 Å². The van der Waals surface area contributed by atoms with Crippen LogP contribution in [0, 0.1) is 0 Å². The van der Waals surface area contributed by atoms with Crippen molar-refractivity contribution in [2.45, 2.75) is 45.2 Å². The minimum absolute atomic E-state index is 0.0364. The van der Waals surface area contributed by atoms with Gasteiger partial charge in [0.25, 0.3) is 0 Å². The molecule has 0 aliphatic carbocycles. The molecule has 1 heterocycles. The number of aryl methyl sites for hydroxylation is 2. The summed E-state index contributed by atoms with van der Waals surface area (Å²) in [4.78, 5) is 2.24. The van der Waals surface area contributed by atoms with Crippen LogP contribution in [0.4, 0.5) is 0 Å². The van der Waals surface area contributed by atoms with Crippen molar-refractivity contribution in [1.82, 2.24) is 20.0 Å². The molecule has 1 aromatic rings. The number of hydrogen-bond acceptors (Lipinski definition) is 3. The highest BCUT2D eigenvalue weighted by Gasteiger charge is 2.32. The number of aromatic nitrogens is 2. The van der Waals surface area contributed by atoms with Gasteiger partial charge in [0, 0.05) is 25.0 Å². The lowest BCUT2D eigenvalue weighted by Gasteiger charge is -2.40. The second-order valence-corrected chi connectivity index (χ2v) is 6.16. The van der Waals surface area contributed by atoms with E-state index in [0.29, 0.717) is 6.04 Å². The molecule has 1 rings (SSSR count). The molecule has 110 valence electrons. The molecule has 1 N–H and O–H groups in total. The monoisotopic (exact) mass is 286 g/mol. The first-order valence-corrected chi connectivity index (χ1v) is 7.18. The van der Waals surface area contributed by atoms with Crippen molar-refractivity contribution in [2.75, 3.05) is 21.1 Å². The zero-order valence-corrected chi connectivity index (χ0v) is 14.0. The van der Waals surface area contributed by atoms with E-state index in [2.05, 4.69) is 50.2 Å². The van der Waals surface area contributed by atoms with Gasteiger partial charge in [-0.15, -0.1) is 0 Å². The van der Waals surface area contributed by atoms with E-state index in [1.807, 2.05) is 18.8 Å². The molecular weight excluding hydrogens is 260 g/mol. The summed E-state index contributed by atoms with van der Waals surface area (Å²) in [5.74, 6) is 0. The third kappa shape index (κ3) is 3.30. The van der Waals surface area contributed by atoms with E-state index >= 15 is 0 Å². The zero-order valence-electron chi connectivity index (χ0n) is 13.2. The van der Waals surface area contributed by atoms with Gasteiger partial charge in [-0.2, -0.15) is 5.10 Å². The van der Waals surface area contributed by atoms with Gasteiger partial charge in [-0.25, -0.2) is 0 Å². The van der Waals surface area contributed by atoms with E-state index in [4.69, 9.17) is 11.6 Å². The Morgan fingerprint density at radius 1 is 1.42 bits per heavy atom. The SMILES string of the molecule is CCc1nn(C)c(CC(NC)C(C)(C)N(C)C)c1Cl. The molecule has 19 heavy (non-hydrogen) atoms. The van der Waals surface area contributed by atoms with Crippen molar-refractivity contribution in [3.05, 3.63) is 16.4 Å². The molecule has 0 aromatic carbocycles. The molecule has 0 aliphatic heterocycles. The summed E-state index contributed by atoms with van der Waals surface area (Å²) in [6, 6.07) is 0.306. The van der Waals surface area contributed by atoms with Crippen molar-refractivity contribution in [1.29, 1.82) is 0 Å². The van der Waals surface area contributed by atoms with Crippen molar-refractivity contribution < 1.29 is 0 Å². The van der Waals surface area contributed by atoms with E-state index in [9.17, 15) is 0 Å². The van der Waals surface area contributed by atoms with Crippen molar-refractivity contribution in [2.24, 2.45) is 7.05 Å². The van der Waals surface area contributed by atoms with Crippen LogP contribution in [-0.4, -0.2) is 47.4 Å².